The second-order valence-corrected chi connectivity index (χ2v) is 3.28. The monoisotopic (exact) mass is 227 g/mol. The van der Waals surface area contributed by atoms with Crippen LogP contribution in [-0.2, 0) is 4.79 Å². The smallest absolute Gasteiger partial charge is 0.333 e. The minimum atomic E-state index is -1.14. The first-order valence-electron chi connectivity index (χ1n) is 4.55. The van der Waals surface area contributed by atoms with E-state index >= 15 is 0 Å². The predicted octanol–water partition coefficient (Wildman–Crippen LogP) is 2.76. The van der Waals surface area contributed by atoms with Crippen molar-refractivity contribution in [2.24, 2.45) is 0 Å². The van der Waals surface area contributed by atoms with Crippen LogP contribution in [0.1, 0.15) is 13.8 Å². The van der Waals surface area contributed by atoms with Gasteiger partial charge in [0.1, 0.15) is 17.3 Å². The first-order chi connectivity index (χ1) is 7.43. The van der Waals surface area contributed by atoms with Crippen molar-refractivity contribution in [1.29, 1.82) is 0 Å². The number of para-hydroxylation sites is 1. The summed E-state index contributed by atoms with van der Waals surface area (Å²) in [6.07, 6.45) is 0. The number of aliphatic carboxylic acids is 1. The molecule has 1 rings (SSSR count). The molecule has 0 aromatic heterocycles. The average Bonchev–Trinajstić information content (AvgIpc) is 2.22. The van der Waals surface area contributed by atoms with Gasteiger partial charge in [0.15, 0.2) is 0 Å². The largest absolute Gasteiger partial charge is 0.478 e. The molecule has 0 unspecified atom stereocenters. The molecule has 5 heteroatoms. The second kappa shape index (κ2) is 4.74. The Hall–Kier alpha value is -1.91. The zero-order chi connectivity index (χ0) is 12.3. The molecule has 0 aliphatic rings. The Morgan fingerprint density at radius 1 is 1.25 bits per heavy atom. The molecular formula is C11H11F2NO2. The highest BCUT2D eigenvalue weighted by molar-refractivity contribution is 5.87. The van der Waals surface area contributed by atoms with E-state index in [1.807, 2.05) is 0 Å². The molecule has 0 fully saturated rings. The van der Waals surface area contributed by atoms with Gasteiger partial charge in [-0.3, -0.25) is 0 Å². The number of carboxylic acid groups (broad SMARTS) is 1. The highest BCUT2D eigenvalue weighted by Gasteiger charge is 2.11. The molecule has 0 spiro atoms. The second-order valence-electron chi connectivity index (χ2n) is 3.28. The lowest BCUT2D eigenvalue weighted by atomic mass is 10.2. The van der Waals surface area contributed by atoms with Crippen LogP contribution in [-0.4, -0.2) is 11.1 Å². The summed E-state index contributed by atoms with van der Waals surface area (Å²) in [5.74, 6) is -2.67. The summed E-state index contributed by atoms with van der Waals surface area (Å²) >= 11 is 0. The van der Waals surface area contributed by atoms with Crippen molar-refractivity contribution < 1.29 is 18.7 Å². The first-order valence-corrected chi connectivity index (χ1v) is 4.55. The van der Waals surface area contributed by atoms with E-state index in [4.69, 9.17) is 5.11 Å². The maximum absolute atomic E-state index is 13.2. The zero-order valence-electron chi connectivity index (χ0n) is 8.84. The molecule has 0 saturated carbocycles. The maximum Gasteiger partial charge on any atom is 0.333 e. The van der Waals surface area contributed by atoms with E-state index in [0.717, 1.165) is 12.1 Å². The molecule has 0 bridgehead atoms. The molecule has 86 valence electrons. The van der Waals surface area contributed by atoms with Gasteiger partial charge in [0, 0.05) is 5.70 Å². The highest BCUT2D eigenvalue weighted by Crippen LogP contribution is 2.20. The summed E-state index contributed by atoms with van der Waals surface area (Å²) < 4.78 is 26.4. The van der Waals surface area contributed by atoms with Crippen molar-refractivity contribution in [3.63, 3.8) is 0 Å². The van der Waals surface area contributed by atoms with E-state index in [1.54, 1.807) is 0 Å². The Kier molecular flexibility index (Phi) is 3.60. The topological polar surface area (TPSA) is 49.3 Å². The molecule has 1 aromatic carbocycles. The fourth-order valence-electron chi connectivity index (χ4n) is 1.06. The molecular weight excluding hydrogens is 216 g/mol. The minimum Gasteiger partial charge on any atom is -0.478 e. The SMILES string of the molecule is CC(Nc1c(F)cccc1F)=C(C)C(=O)O. The third-order valence-electron chi connectivity index (χ3n) is 2.16. The van der Waals surface area contributed by atoms with Gasteiger partial charge in [-0.05, 0) is 26.0 Å². The first kappa shape index (κ1) is 12.2. The van der Waals surface area contributed by atoms with Gasteiger partial charge in [-0.2, -0.15) is 0 Å². The van der Waals surface area contributed by atoms with Gasteiger partial charge in [0.05, 0.1) is 5.57 Å². The third kappa shape index (κ3) is 2.56. The minimum absolute atomic E-state index is 0.00246. The van der Waals surface area contributed by atoms with E-state index in [1.165, 1.54) is 19.9 Å². The number of nitrogens with one attached hydrogen (secondary N) is 1. The van der Waals surface area contributed by atoms with Crippen LogP contribution in [0, 0.1) is 11.6 Å². The zero-order valence-corrected chi connectivity index (χ0v) is 8.84. The number of hydrogen-bond donors (Lipinski definition) is 2. The molecule has 0 aliphatic carbocycles. The summed E-state index contributed by atoms with van der Waals surface area (Å²) in [5, 5.41) is 11.1. The van der Waals surface area contributed by atoms with Crippen molar-refractivity contribution in [3.05, 3.63) is 41.1 Å². The van der Waals surface area contributed by atoms with Gasteiger partial charge in [-0.1, -0.05) is 6.07 Å². The average molecular weight is 227 g/mol. The molecule has 0 amide bonds. The van der Waals surface area contributed by atoms with E-state index in [0.29, 0.717) is 0 Å². The van der Waals surface area contributed by atoms with Crippen LogP contribution in [0.5, 0.6) is 0 Å². The molecule has 0 radical (unpaired) electrons. The predicted molar refractivity (Wildman–Crippen MR) is 56.0 cm³/mol. The van der Waals surface area contributed by atoms with Crippen LogP contribution in [0.25, 0.3) is 0 Å². The lowest BCUT2D eigenvalue weighted by Crippen LogP contribution is -2.08. The van der Waals surface area contributed by atoms with Crippen LogP contribution < -0.4 is 5.32 Å². The van der Waals surface area contributed by atoms with E-state index in [9.17, 15) is 13.6 Å². The fraction of sp³-hybridized carbons (Fsp3) is 0.182. The Bertz CT molecular complexity index is 435. The Morgan fingerprint density at radius 2 is 1.75 bits per heavy atom. The third-order valence-corrected chi connectivity index (χ3v) is 2.16. The number of carboxylic acids is 1. The highest BCUT2D eigenvalue weighted by atomic mass is 19.1. The summed E-state index contributed by atoms with van der Waals surface area (Å²) in [4.78, 5) is 10.6. The van der Waals surface area contributed by atoms with Gasteiger partial charge < -0.3 is 10.4 Å². The van der Waals surface area contributed by atoms with E-state index in [-0.39, 0.29) is 17.0 Å². The summed E-state index contributed by atoms with van der Waals surface area (Å²) in [5.41, 5.74) is -0.153. The van der Waals surface area contributed by atoms with Crippen molar-refractivity contribution in [3.8, 4) is 0 Å². The fourth-order valence-corrected chi connectivity index (χ4v) is 1.06. The van der Waals surface area contributed by atoms with E-state index in [2.05, 4.69) is 5.32 Å². The van der Waals surface area contributed by atoms with Crippen molar-refractivity contribution in [1.82, 2.24) is 0 Å². The van der Waals surface area contributed by atoms with Crippen LogP contribution in [0.15, 0.2) is 29.5 Å². The van der Waals surface area contributed by atoms with Crippen LogP contribution >= 0.6 is 0 Å². The Balaban J connectivity index is 3.06. The number of hydrogen-bond acceptors (Lipinski definition) is 2. The van der Waals surface area contributed by atoms with Gasteiger partial charge in [-0.15, -0.1) is 0 Å². The molecule has 2 N–H and O–H groups in total. The van der Waals surface area contributed by atoms with Crippen LogP contribution in [0.2, 0.25) is 0 Å². The quantitative estimate of drug-likeness (QED) is 0.780. The van der Waals surface area contributed by atoms with Crippen molar-refractivity contribution in [2.45, 2.75) is 13.8 Å². The van der Waals surface area contributed by atoms with Gasteiger partial charge in [0.2, 0.25) is 0 Å². The molecule has 0 saturated heterocycles. The van der Waals surface area contributed by atoms with Crippen molar-refractivity contribution in [2.75, 3.05) is 5.32 Å². The summed E-state index contributed by atoms with van der Waals surface area (Å²) in [6.45, 7) is 2.79. The molecule has 0 heterocycles. The van der Waals surface area contributed by atoms with Gasteiger partial charge in [-0.25, -0.2) is 13.6 Å². The summed E-state index contributed by atoms with van der Waals surface area (Å²) in [6, 6.07) is 3.42. The van der Waals surface area contributed by atoms with E-state index < -0.39 is 17.6 Å². The number of carbonyl (C=O) groups is 1. The lowest BCUT2D eigenvalue weighted by Gasteiger charge is -2.10. The Labute approximate surface area is 91.4 Å². The normalized spacial score (nSPS) is 12.0. The number of rotatable bonds is 3. The van der Waals surface area contributed by atoms with Gasteiger partial charge in [0.25, 0.3) is 0 Å². The number of benzene rings is 1. The lowest BCUT2D eigenvalue weighted by molar-refractivity contribution is -0.132. The Morgan fingerprint density at radius 3 is 2.19 bits per heavy atom. The number of allylic oxidation sites excluding steroid dienone is 1. The number of anilines is 1. The maximum atomic E-state index is 13.2. The van der Waals surface area contributed by atoms with Gasteiger partial charge >= 0.3 is 5.97 Å². The standard InChI is InChI=1S/C11H11F2NO2/c1-6(11(15)16)7(2)14-10-8(12)4-3-5-9(10)13/h3-5,14H,1-2H3,(H,15,16). The van der Waals surface area contributed by atoms with Crippen LogP contribution in [0.4, 0.5) is 14.5 Å². The molecule has 16 heavy (non-hydrogen) atoms. The molecule has 3 nitrogen and oxygen atoms in total. The van der Waals surface area contributed by atoms with Crippen molar-refractivity contribution >= 4 is 11.7 Å². The summed E-state index contributed by atoms with van der Waals surface area (Å²) in [7, 11) is 0. The van der Waals surface area contributed by atoms with Crippen LogP contribution in [0.3, 0.4) is 0 Å². The number of halogens is 2. The molecule has 1 aromatic rings. The molecule has 0 atom stereocenters. The molecule has 0 aliphatic heterocycles.